The number of halogens is 2. The van der Waals surface area contributed by atoms with E-state index in [4.69, 9.17) is 17.3 Å². The lowest BCUT2D eigenvalue weighted by Crippen LogP contribution is -2.38. The van der Waals surface area contributed by atoms with Crippen molar-refractivity contribution >= 4 is 17.3 Å². The van der Waals surface area contributed by atoms with E-state index in [0.29, 0.717) is 27.8 Å². The number of hydrogen-bond donors (Lipinski definition) is 2. The highest BCUT2D eigenvalue weighted by molar-refractivity contribution is 6.33. The Morgan fingerprint density at radius 2 is 1.88 bits per heavy atom. The van der Waals surface area contributed by atoms with Gasteiger partial charge in [-0.15, -0.1) is 6.58 Å². The average molecular weight is 375 g/mol. The molecule has 3 N–H and O–H groups in total. The van der Waals surface area contributed by atoms with E-state index in [0.717, 1.165) is 12.3 Å². The molecule has 0 spiro atoms. The Bertz CT molecular complexity index is 758. The predicted octanol–water partition coefficient (Wildman–Crippen LogP) is 6.12. The van der Waals surface area contributed by atoms with Gasteiger partial charge in [-0.1, -0.05) is 54.9 Å². The van der Waals surface area contributed by atoms with E-state index in [9.17, 15) is 4.39 Å². The largest absolute Gasteiger partial charge is 0.386 e. The molecule has 3 atom stereocenters. The molecule has 4 heteroatoms. The number of benzene rings is 2. The van der Waals surface area contributed by atoms with Crippen molar-refractivity contribution in [3.8, 4) is 11.1 Å². The summed E-state index contributed by atoms with van der Waals surface area (Å²) < 4.78 is 14.0. The SMILES string of the molecule is C=CC1CC(C)CC1(C)N.CNc1cccc(-c2ccccc2Cl)c1F. The van der Waals surface area contributed by atoms with E-state index in [2.05, 4.69) is 25.7 Å². The lowest BCUT2D eigenvalue weighted by atomic mass is 9.90. The van der Waals surface area contributed by atoms with Gasteiger partial charge >= 0.3 is 0 Å². The Morgan fingerprint density at radius 3 is 2.38 bits per heavy atom. The molecule has 0 bridgehead atoms. The van der Waals surface area contributed by atoms with Crippen molar-refractivity contribution in [3.05, 3.63) is 66.0 Å². The van der Waals surface area contributed by atoms with Crippen molar-refractivity contribution in [2.75, 3.05) is 12.4 Å². The molecule has 0 aromatic heterocycles. The van der Waals surface area contributed by atoms with Gasteiger partial charge in [-0.2, -0.15) is 0 Å². The van der Waals surface area contributed by atoms with Gasteiger partial charge in [-0.3, -0.25) is 0 Å². The van der Waals surface area contributed by atoms with Crippen molar-refractivity contribution in [2.24, 2.45) is 17.6 Å². The first-order valence-corrected chi connectivity index (χ1v) is 9.30. The third-order valence-electron chi connectivity index (χ3n) is 5.01. The van der Waals surface area contributed by atoms with Crippen LogP contribution in [0, 0.1) is 17.7 Å². The van der Waals surface area contributed by atoms with E-state index in [1.807, 2.05) is 18.2 Å². The van der Waals surface area contributed by atoms with Gasteiger partial charge in [0.2, 0.25) is 0 Å². The third kappa shape index (κ3) is 4.66. The maximum Gasteiger partial charge on any atom is 0.154 e. The van der Waals surface area contributed by atoms with Crippen LogP contribution >= 0.6 is 11.6 Å². The number of nitrogens with one attached hydrogen (secondary N) is 1. The van der Waals surface area contributed by atoms with Gasteiger partial charge in [0.05, 0.1) is 5.69 Å². The average Bonchev–Trinajstić information content (AvgIpc) is 2.88. The first-order chi connectivity index (χ1) is 12.3. The highest BCUT2D eigenvalue weighted by Crippen LogP contribution is 2.37. The Kier molecular flexibility index (Phi) is 6.85. The third-order valence-corrected chi connectivity index (χ3v) is 5.34. The monoisotopic (exact) mass is 374 g/mol. The minimum Gasteiger partial charge on any atom is -0.386 e. The van der Waals surface area contributed by atoms with Gasteiger partial charge in [0, 0.05) is 28.7 Å². The zero-order valence-electron chi connectivity index (χ0n) is 15.7. The molecule has 2 nitrogen and oxygen atoms in total. The summed E-state index contributed by atoms with van der Waals surface area (Å²) in [5, 5.41) is 3.36. The fraction of sp³-hybridized carbons (Fsp3) is 0.364. The van der Waals surface area contributed by atoms with Crippen LogP contribution in [-0.2, 0) is 0 Å². The summed E-state index contributed by atoms with van der Waals surface area (Å²) >= 11 is 6.04. The summed E-state index contributed by atoms with van der Waals surface area (Å²) in [6.07, 6.45) is 4.36. The van der Waals surface area contributed by atoms with E-state index < -0.39 is 0 Å². The van der Waals surface area contributed by atoms with Crippen molar-refractivity contribution in [3.63, 3.8) is 0 Å². The molecule has 0 aliphatic heterocycles. The number of hydrogen-bond acceptors (Lipinski definition) is 2. The van der Waals surface area contributed by atoms with Gasteiger partial charge in [0.1, 0.15) is 0 Å². The molecule has 0 amide bonds. The molecular formula is C22H28ClFN2. The normalized spacial score (nSPS) is 24.5. The molecule has 0 saturated heterocycles. The number of nitrogens with two attached hydrogens (primary N) is 1. The van der Waals surface area contributed by atoms with Crippen LogP contribution in [0.2, 0.25) is 5.02 Å². The summed E-state index contributed by atoms with van der Waals surface area (Å²) in [4.78, 5) is 0. The Balaban J connectivity index is 0.000000209. The standard InChI is InChI=1S/C13H11ClFN.C9H17N/c1-16-12-8-4-6-10(13(12)15)9-5-2-3-7-11(9)14;1-4-8-5-7(2)6-9(8,3)10/h2-8,16H,1H3;4,7-8H,1,5-6,10H2,2-3H3. The van der Waals surface area contributed by atoms with Gasteiger partial charge in [-0.25, -0.2) is 4.39 Å². The molecule has 26 heavy (non-hydrogen) atoms. The fourth-order valence-electron chi connectivity index (χ4n) is 3.67. The lowest BCUT2D eigenvalue weighted by Gasteiger charge is -2.23. The summed E-state index contributed by atoms with van der Waals surface area (Å²) in [5.74, 6) is 1.03. The van der Waals surface area contributed by atoms with Crippen LogP contribution in [0.4, 0.5) is 10.1 Å². The van der Waals surface area contributed by atoms with Crippen molar-refractivity contribution in [2.45, 2.75) is 32.2 Å². The second kappa shape index (κ2) is 8.70. The van der Waals surface area contributed by atoms with Crippen molar-refractivity contribution in [1.29, 1.82) is 0 Å². The van der Waals surface area contributed by atoms with Crippen LogP contribution in [0.25, 0.3) is 11.1 Å². The zero-order valence-corrected chi connectivity index (χ0v) is 16.5. The van der Waals surface area contributed by atoms with Crippen molar-refractivity contribution in [1.82, 2.24) is 0 Å². The topological polar surface area (TPSA) is 38.0 Å². The zero-order chi connectivity index (χ0) is 19.3. The first kappa shape index (κ1) is 20.5. The van der Waals surface area contributed by atoms with Crippen LogP contribution in [0.15, 0.2) is 55.1 Å². The van der Waals surface area contributed by atoms with Crippen LogP contribution in [0.3, 0.4) is 0 Å². The number of anilines is 1. The van der Waals surface area contributed by atoms with E-state index in [-0.39, 0.29) is 11.4 Å². The summed E-state index contributed by atoms with van der Waals surface area (Å²) in [6.45, 7) is 8.18. The lowest BCUT2D eigenvalue weighted by molar-refractivity contribution is 0.403. The minimum absolute atomic E-state index is 0.0150. The molecule has 1 fully saturated rings. The van der Waals surface area contributed by atoms with Gasteiger partial charge in [-0.05, 0) is 43.7 Å². The van der Waals surface area contributed by atoms with Gasteiger partial charge in [0.15, 0.2) is 5.82 Å². The van der Waals surface area contributed by atoms with Crippen LogP contribution in [-0.4, -0.2) is 12.6 Å². The highest BCUT2D eigenvalue weighted by atomic mass is 35.5. The second-order valence-electron chi connectivity index (χ2n) is 7.29. The molecule has 1 aliphatic rings. The maximum absolute atomic E-state index is 14.0. The van der Waals surface area contributed by atoms with Crippen LogP contribution in [0.5, 0.6) is 0 Å². The number of rotatable bonds is 3. The quantitative estimate of drug-likeness (QED) is 0.634. The second-order valence-corrected chi connectivity index (χ2v) is 7.70. The Labute approximate surface area is 161 Å². The molecule has 1 aliphatic carbocycles. The Hall–Kier alpha value is -1.84. The molecule has 0 heterocycles. The molecular weight excluding hydrogens is 347 g/mol. The Morgan fingerprint density at radius 1 is 1.23 bits per heavy atom. The van der Waals surface area contributed by atoms with Crippen LogP contribution in [0.1, 0.15) is 26.7 Å². The molecule has 0 radical (unpaired) electrons. The van der Waals surface area contributed by atoms with Gasteiger partial charge < -0.3 is 11.1 Å². The minimum atomic E-state index is -0.280. The molecule has 3 rings (SSSR count). The van der Waals surface area contributed by atoms with E-state index >= 15 is 0 Å². The predicted molar refractivity (Wildman–Crippen MR) is 111 cm³/mol. The molecule has 2 aromatic rings. The smallest absolute Gasteiger partial charge is 0.154 e. The maximum atomic E-state index is 14.0. The van der Waals surface area contributed by atoms with Crippen LogP contribution < -0.4 is 11.1 Å². The summed E-state index contributed by atoms with van der Waals surface area (Å²) in [6, 6.07) is 12.4. The highest BCUT2D eigenvalue weighted by Gasteiger charge is 2.36. The summed E-state index contributed by atoms with van der Waals surface area (Å²) in [5.41, 5.74) is 7.76. The molecule has 140 valence electrons. The summed E-state index contributed by atoms with van der Waals surface area (Å²) in [7, 11) is 1.69. The molecule has 3 unspecified atom stereocenters. The first-order valence-electron chi connectivity index (χ1n) is 8.92. The van der Waals surface area contributed by atoms with E-state index in [1.165, 1.54) is 6.42 Å². The van der Waals surface area contributed by atoms with Gasteiger partial charge in [0.25, 0.3) is 0 Å². The van der Waals surface area contributed by atoms with Crippen molar-refractivity contribution < 1.29 is 4.39 Å². The molecule has 2 aromatic carbocycles. The molecule has 1 saturated carbocycles. The fourth-order valence-corrected chi connectivity index (χ4v) is 3.90. The van der Waals surface area contributed by atoms with E-state index in [1.54, 1.807) is 37.4 Å².